The van der Waals surface area contributed by atoms with Gasteiger partial charge in [0.1, 0.15) is 5.82 Å². The number of nitrogens with one attached hydrogen (secondary N) is 1. The van der Waals surface area contributed by atoms with E-state index in [-0.39, 0.29) is 17.6 Å². The molecule has 19 heavy (non-hydrogen) atoms. The maximum absolute atomic E-state index is 13.7. The van der Waals surface area contributed by atoms with E-state index in [4.69, 9.17) is 0 Å². The molecule has 1 aliphatic rings. The van der Waals surface area contributed by atoms with Crippen molar-refractivity contribution < 1.29 is 9.18 Å². The lowest BCUT2D eigenvalue weighted by Gasteiger charge is -2.38. The second-order valence-electron chi connectivity index (χ2n) is 5.02. The summed E-state index contributed by atoms with van der Waals surface area (Å²) in [5, 5.41) is 2.77. The summed E-state index contributed by atoms with van der Waals surface area (Å²) in [5.74, 6) is -0.500. The number of hydrogen-bond acceptors (Lipinski definition) is 3. The molecule has 0 aromatic heterocycles. The minimum Gasteiger partial charge on any atom is -0.385 e. The van der Waals surface area contributed by atoms with Crippen molar-refractivity contribution in [3.05, 3.63) is 29.6 Å². The van der Waals surface area contributed by atoms with Crippen LogP contribution in [0, 0.1) is 5.82 Å². The first-order valence-electron chi connectivity index (χ1n) is 6.50. The van der Waals surface area contributed by atoms with Gasteiger partial charge in [0.25, 0.3) is 5.91 Å². The standard InChI is InChI=1S/C14H20FN3O/c1-10-9-17(3)7-8-18(10)14(19)11-5-4-6-12(15)13(11)16-2/h4-6,10,16H,7-9H2,1-3H3. The van der Waals surface area contributed by atoms with E-state index in [2.05, 4.69) is 10.2 Å². The Bertz CT molecular complexity index is 478. The molecule has 1 amide bonds. The number of carbonyl (C=O) groups is 1. The fourth-order valence-corrected chi connectivity index (χ4v) is 2.55. The fraction of sp³-hybridized carbons (Fsp3) is 0.500. The van der Waals surface area contributed by atoms with Gasteiger partial charge in [-0.3, -0.25) is 4.79 Å². The van der Waals surface area contributed by atoms with Crippen molar-refractivity contribution in [1.29, 1.82) is 0 Å². The summed E-state index contributed by atoms with van der Waals surface area (Å²) in [6, 6.07) is 4.74. The summed E-state index contributed by atoms with van der Waals surface area (Å²) < 4.78 is 13.7. The van der Waals surface area contributed by atoms with Crippen LogP contribution in [0.5, 0.6) is 0 Å². The third-order valence-corrected chi connectivity index (χ3v) is 3.59. The van der Waals surface area contributed by atoms with Crippen molar-refractivity contribution in [1.82, 2.24) is 9.80 Å². The van der Waals surface area contributed by atoms with E-state index in [0.717, 1.165) is 13.1 Å². The molecule has 1 unspecified atom stereocenters. The summed E-state index contributed by atoms with van der Waals surface area (Å²) in [4.78, 5) is 16.6. The highest BCUT2D eigenvalue weighted by atomic mass is 19.1. The molecule has 1 fully saturated rings. The minimum absolute atomic E-state index is 0.107. The van der Waals surface area contributed by atoms with E-state index in [9.17, 15) is 9.18 Å². The predicted molar refractivity (Wildman–Crippen MR) is 73.9 cm³/mol. The van der Waals surface area contributed by atoms with Gasteiger partial charge in [0.15, 0.2) is 0 Å². The summed E-state index contributed by atoms with van der Waals surface area (Å²) >= 11 is 0. The van der Waals surface area contributed by atoms with Gasteiger partial charge in [-0.1, -0.05) is 6.07 Å². The molecule has 5 heteroatoms. The van der Waals surface area contributed by atoms with Crippen molar-refractivity contribution in [3.63, 3.8) is 0 Å². The summed E-state index contributed by atoms with van der Waals surface area (Å²) in [7, 11) is 3.67. The van der Waals surface area contributed by atoms with Gasteiger partial charge in [-0.25, -0.2) is 4.39 Å². The maximum atomic E-state index is 13.7. The molecule has 104 valence electrons. The van der Waals surface area contributed by atoms with E-state index in [1.54, 1.807) is 19.2 Å². The van der Waals surface area contributed by atoms with Gasteiger partial charge >= 0.3 is 0 Å². The van der Waals surface area contributed by atoms with Crippen LogP contribution in [-0.4, -0.2) is 55.5 Å². The second kappa shape index (κ2) is 5.57. The van der Waals surface area contributed by atoms with Gasteiger partial charge in [0.2, 0.25) is 0 Å². The summed E-state index contributed by atoms with van der Waals surface area (Å²) in [6.07, 6.45) is 0. The van der Waals surface area contributed by atoms with E-state index in [1.807, 2.05) is 18.9 Å². The molecule has 1 N–H and O–H groups in total. The largest absolute Gasteiger partial charge is 0.385 e. The Morgan fingerprint density at radius 2 is 2.16 bits per heavy atom. The Morgan fingerprint density at radius 1 is 1.42 bits per heavy atom. The van der Waals surface area contributed by atoms with Gasteiger partial charge < -0.3 is 15.1 Å². The van der Waals surface area contributed by atoms with Crippen LogP contribution in [0.15, 0.2) is 18.2 Å². The van der Waals surface area contributed by atoms with Crippen LogP contribution in [0.4, 0.5) is 10.1 Å². The molecular weight excluding hydrogens is 245 g/mol. The van der Waals surface area contributed by atoms with E-state index < -0.39 is 5.82 Å². The lowest BCUT2D eigenvalue weighted by molar-refractivity contribution is 0.0534. The Balaban J connectivity index is 2.27. The van der Waals surface area contributed by atoms with Crippen molar-refractivity contribution in [3.8, 4) is 0 Å². The van der Waals surface area contributed by atoms with Gasteiger partial charge in [-0.15, -0.1) is 0 Å². The highest BCUT2D eigenvalue weighted by Gasteiger charge is 2.28. The van der Waals surface area contributed by atoms with Crippen molar-refractivity contribution in [2.45, 2.75) is 13.0 Å². The summed E-state index contributed by atoms with van der Waals surface area (Å²) in [5.41, 5.74) is 0.678. The average Bonchev–Trinajstić information content (AvgIpc) is 2.37. The number of rotatable bonds is 2. The number of nitrogens with zero attached hydrogens (tertiary/aromatic N) is 2. The third-order valence-electron chi connectivity index (χ3n) is 3.59. The molecule has 2 rings (SSSR count). The number of halogens is 1. The van der Waals surface area contributed by atoms with E-state index in [1.165, 1.54) is 6.07 Å². The molecule has 0 radical (unpaired) electrons. The Kier molecular flexibility index (Phi) is 4.04. The van der Waals surface area contributed by atoms with Crippen molar-refractivity contribution in [2.75, 3.05) is 39.0 Å². The topological polar surface area (TPSA) is 35.6 Å². The Morgan fingerprint density at radius 3 is 2.79 bits per heavy atom. The number of piperazine rings is 1. The zero-order valence-corrected chi connectivity index (χ0v) is 11.6. The maximum Gasteiger partial charge on any atom is 0.256 e. The fourth-order valence-electron chi connectivity index (χ4n) is 2.55. The highest BCUT2D eigenvalue weighted by Crippen LogP contribution is 2.22. The molecule has 1 atom stereocenters. The normalized spacial score (nSPS) is 20.4. The first kappa shape index (κ1) is 13.8. The molecule has 0 spiro atoms. The third kappa shape index (κ3) is 2.71. The van der Waals surface area contributed by atoms with E-state index in [0.29, 0.717) is 12.1 Å². The number of carbonyl (C=O) groups excluding carboxylic acids is 1. The molecule has 0 bridgehead atoms. The smallest absolute Gasteiger partial charge is 0.256 e. The number of likely N-dealkylation sites (N-methyl/N-ethyl adjacent to an activating group) is 1. The SMILES string of the molecule is CNc1c(F)cccc1C(=O)N1CCN(C)CC1C. The molecule has 1 heterocycles. The summed E-state index contributed by atoms with van der Waals surface area (Å²) in [6.45, 7) is 4.39. The Labute approximate surface area is 113 Å². The quantitative estimate of drug-likeness (QED) is 0.883. The number of amides is 1. The second-order valence-corrected chi connectivity index (χ2v) is 5.02. The molecule has 1 aromatic carbocycles. The molecular formula is C14H20FN3O. The lowest BCUT2D eigenvalue weighted by Crippen LogP contribution is -2.52. The zero-order valence-electron chi connectivity index (χ0n) is 11.6. The van der Waals surface area contributed by atoms with E-state index >= 15 is 0 Å². The first-order chi connectivity index (χ1) is 9.04. The van der Waals surface area contributed by atoms with Crippen molar-refractivity contribution >= 4 is 11.6 Å². The molecule has 0 aliphatic carbocycles. The van der Waals surface area contributed by atoms with Crippen LogP contribution < -0.4 is 5.32 Å². The molecule has 4 nitrogen and oxygen atoms in total. The van der Waals surface area contributed by atoms with Crippen LogP contribution in [-0.2, 0) is 0 Å². The van der Waals surface area contributed by atoms with Crippen LogP contribution >= 0.6 is 0 Å². The number of benzene rings is 1. The first-order valence-corrected chi connectivity index (χ1v) is 6.50. The van der Waals surface area contributed by atoms with Gasteiger partial charge in [-0.2, -0.15) is 0 Å². The van der Waals surface area contributed by atoms with Crippen molar-refractivity contribution in [2.24, 2.45) is 0 Å². The van der Waals surface area contributed by atoms with Gasteiger partial charge in [-0.05, 0) is 26.1 Å². The van der Waals surface area contributed by atoms with Crippen LogP contribution in [0.2, 0.25) is 0 Å². The lowest BCUT2D eigenvalue weighted by atomic mass is 10.1. The van der Waals surface area contributed by atoms with Gasteiger partial charge in [0, 0.05) is 32.7 Å². The number of anilines is 1. The van der Waals surface area contributed by atoms with Gasteiger partial charge in [0.05, 0.1) is 11.3 Å². The molecule has 1 aliphatic heterocycles. The minimum atomic E-state index is -0.393. The molecule has 1 aromatic rings. The monoisotopic (exact) mass is 265 g/mol. The number of para-hydroxylation sites is 1. The molecule has 1 saturated heterocycles. The predicted octanol–water partition coefficient (Wildman–Crippen LogP) is 1.64. The van der Waals surface area contributed by atoms with Crippen LogP contribution in [0.1, 0.15) is 17.3 Å². The number of hydrogen-bond donors (Lipinski definition) is 1. The highest BCUT2D eigenvalue weighted by molar-refractivity contribution is 6.00. The zero-order chi connectivity index (χ0) is 14.0. The van der Waals surface area contributed by atoms with Crippen LogP contribution in [0.25, 0.3) is 0 Å². The Hall–Kier alpha value is -1.62. The molecule has 0 saturated carbocycles. The van der Waals surface area contributed by atoms with Crippen LogP contribution in [0.3, 0.4) is 0 Å². The average molecular weight is 265 g/mol.